The molecule has 1 unspecified atom stereocenters. The molecule has 0 spiro atoms. The van der Waals surface area contributed by atoms with Crippen LogP contribution in [0, 0.1) is 0 Å². The Bertz CT molecular complexity index is 644. The SMILES string of the molecule is CC(O)c1ccc(CCCc2cc3c(cc2O)CCO3)cc1. The molecule has 2 aromatic rings. The summed E-state index contributed by atoms with van der Waals surface area (Å²) in [4.78, 5) is 0. The Morgan fingerprint density at radius 1 is 1.14 bits per heavy atom. The van der Waals surface area contributed by atoms with Gasteiger partial charge < -0.3 is 14.9 Å². The molecule has 0 saturated carbocycles. The minimum Gasteiger partial charge on any atom is -0.508 e. The second-order valence-corrected chi connectivity index (χ2v) is 5.96. The van der Waals surface area contributed by atoms with E-state index in [0.29, 0.717) is 12.4 Å². The van der Waals surface area contributed by atoms with E-state index in [9.17, 15) is 10.2 Å². The van der Waals surface area contributed by atoms with E-state index in [1.54, 1.807) is 6.92 Å². The molecule has 0 radical (unpaired) electrons. The number of aliphatic hydroxyl groups is 1. The normalized spacial score (nSPS) is 14.5. The maximum Gasteiger partial charge on any atom is 0.123 e. The van der Waals surface area contributed by atoms with Gasteiger partial charge in [-0.2, -0.15) is 0 Å². The third-order valence-electron chi connectivity index (χ3n) is 4.26. The number of phenolic OH excluding ortho intramolecular Hbond substituents is 1. The second-order valence-electron chi connectivity index (χ2n) is 5.96. The number of hydrogen-bond donors (Lipinski definition) is 2. The molecule has 0 bridgehead atoms. The van der Waals surface area contributed by atoms with Crippen molar-refractivity contribution in [2.24, 2.45) is 0 Å². The Labute approximate surface area is 131 Å². The molecule has 3 rings (SSSR count). The average Bonchev–Trinajstić information content (AvgIpc) is 2.95. The van der Waals surface area contributed by atoms with Crippen LogP contribution in [0.4, 0.5) is 0 Å². The minimum atomic E-state index is -0.419. The fourth-order valence-corrected chi connectivity index (χ4v) is 2.90. The van der Waals surface area contributed by atoms with Gasteiger partial charge in [0.25, 0.3) is 0 Å². The molecule has 1 aliphatic heterocycles. The van der Waals surface area contributed by atoms with Gasteiger partial charge in [-0.3, -0.25) is 0 Å². The van der Waals surface area contributed by atoms with E-state index in [-0.39, 0.29) is 0 Å². The number of phenols is 1. The van der Waals surface area contributed by atoms with Crippen LogP contribution in [0.15, 0.2) is 36.4 Å². The first-order chi connectivity index (χ1) is 10.6. The van der Waals surface area contributed by atoms with Gasteiger partial charge in [0.1, 0.15) is 11.5 Å². The molecule has 2 aromatic carbocycles. The quantitative estimate of drug-likeness (QED) is 0.887. The molecular weight excluding hydrogens is 276 g/mol. The summed E-state index contributed by atoms with van der Waals surface area (Å²) in [6, 6.07) is 11.9. The summed E-state index contributed by atoms with van der Waals surface area (Å²) in [6.07, 6.45) is 3.23. The number of ether oxygens (including phenoxy) is 1. The number of aliphatic hydroxyl groups excluding tert-OH is 1. The highest BCUT2D eigenvalue weighted by Gasteiger charge is 2.15. The zero-order chi connectivity index (χ0) is 15.5. The van der Waals surface area contributed by atoms with E-state index in [0.717, 1.165) is 48.1 Å². The largest absolute Gasteiger partial charge is 0.508 e. The number of rotatable bonds is 5. The van der Waals surface area contributed by atoms with Crippen LogP contribution in [0.1, 0.15) is 41.7 Å². The maximum atomic E-state index is 10.1. The molecule has 0 aromatic heterocycles. The van der Waals surface area contributed by atoms with Crippen molar-refractivity contribution >= 4 is 0 Å². The van der Waals surface area contributed by atoms with Crippen LogP contribution < -0.4 is 4.74 Å². The summed E-state index contributed by atoms with van der Waals surface area (Å²) in [6.45, 7) is 2.49. The van der Waals surface area contributed by atoms with E-state index < -0.39 is 6.10 Å². The minimum absolute atomic E-state index is 0.383. The maximum absolute atomic E-state index is 10.1. The molecule has 3 heteroatoms. The fraction of sp³-hybridized carbons (Fsp3) is 0.368. The van der Waals surface area contributed by atoms with Crippen LogP contribution >= 0.6 is 0 Å². The number of aryl methyl sites for hydroxylation is 2. The Morgan fingerprint density at radius 2 is 1.91 bits per heavy atom. The van der Waals surface area contributed by atoms with Crippen LogP contribution in [0.3, 0.4) is 0 Å². The number of aromatic hydroxyl groups is 1. The predicted octanol–water partition coefficient (Wildman–Crippen LogP) is 3.56. The van der Waals surface area contributed by atoms with Crippen molar-refractivity contribution < 1.29 is 14.9 Å². The van der Waals surface area contributed by atoms with Crippen LogP contribution in [0.2, 0.25) is 0 Å². The van der Waals surface area contributed by atoms with Gasteiger partial charge in [0, 0.05) is 12.0 Å². The Balaban J connectivity index is 1.59. The zero-order valence-electron chi connectivity index (χ0n) is 12.9. The van der Waals surface area contributed by atoms with Gasteiger partial charge in [-0.05, 0) is 55.0 Å². The molecule has 22 heavy (non-hydrogen) atoms. The summed E-state index contributed by atoms with van der Waals surface area (Å²) in [5.41, 5.74) is 4.26. The number of benzene rings is 2. The lowest BCUT2D eigenvalue weighted by Gasteiger charge is -2.09. The van der Waals surface area contributed by atoms with E-state index in [1.165, 1.54) is 5.56 Å². The molecule has 1 heterocycles. The summed E-state index contributed by atoms with van der Waals surface area (Å²) in [5.74, 6) is 1.31. The van der Waals surface area contributed by atoms with Gasteiger partial charge in [0.2, 0.25) is 0 Å². The molecule has 2 N–H and O–H groups in total. The lowest BCUT2D eigenvalue weighted by atomic mass is 10.00. The molecule has 0 aliphatic carbocycles. The number of hydrogen-bond acceptors (Lipinski definition) is 3. The third-order valence-corrected chi connectivity index (χ3v) is 4.26. The Morgan fingerprint density at radius 3 is 2.64 bits per heavy atom. The van der Waals surface area contributed by atoms with E-state index in [1.807, 2.05) is 24.3 Å². The molecule has 1 atom stereocenters. The first-order valence-electron chi connectivity index (χ1n) is 7.88. The second kappa shape index (κ2) is 6.41. The van der Waals surface area contributed by atoms with E-state index >= 15 is 0 Å². The zero-order valence-corrected chi connectivity index (χ0v) is 12.9. The fourth-order valence-electron chi connectivity index (χ4n) is 2.90. The topological polar surface area (TPSA) is 49.7 Å². The van der Waals surface area contributed by atoms with Gasteiger partial charge >= 0.3 is 0 Å². The van der Waals surface area contributed by atoms with E-state index in [4.69, 9.17) is 4.74 Å². The molecule has 0 saturated heterocycles. The molecule has 0 amide bonds. The lowest BCUT2D eigenvalue weighted by Crippen LogP contribution is -1.94. The van der Waals surface area contributed by atoms with Crippen molar-refractivity contribution in [3.8, 4) is 11.5 Å². The van der Waals surface area contributed by atoms with Crippen molar-refractivity contribution in [3.63, 3.8) is 0 Å². The van der Waals surface area contributed by atoms with E-state index in [2.05, 4.69) is 12.1 Å². The summed E-state index contributed by atoms with van der Waals surface area (Å²) in [7, 11) is 0. The van der Waals surface area contributed by atoms with Gasteiger partial charge in [-0.1, -0.05) is 24.3 Å². The lowest BCUT2D eigenvalue weighted by molar-refractivity contribution is 0.199. The molecule has 3 nitrogen and oxygen atoms in total. The first-order valence-corrected chi connectivity index (χ1v) is 7.88. The van der Waals surface area contributed by atoms with Crippen molar-refractivity contribution in [1.29, 1.82) is 0 Å². The highest BCUT2D eigenvalue weighted by atomic mass is 16.5. The summed E-state index contributed by atoms with van der Waals surface area (Å²) < 4.78 is 5.56. The molecule has 116 valence electrons. The van der Waals surface area contributed by atoms with Gasteiger partial charge in [0.15, 0.2) is 0 Å². The highest BCUT2D eigenvalue weighted by molar-refractivity contribution is 5.47. The molecule has 0 fully saturated rings. The highest BCUT2D eigenvalue weighted by Crippen LogP contribution is 2.32. The van der Waals surface area contributed by atoms with Crippen molar-refractivity contribution in [1.82, 2.24) is 0 Å². The van der Waals surface area contributed by atoms with Gasteiger partial charge in [-0.15, -0.1) is 0 Å². The molecular formula is C19H22O3. The monoisotopic (exact) mass is 298 g/mol. The van der Waals surface area contributed by atoms with Crippen LogP contribution in [-0.4, -0.2) is 16.8 Å². The van der Waals surface area contributed by atoms with Gasteiger partial charge in [-0.25, -0.2) is 0 Å². The van der Waals surface area contributed by atoms with Crippen molar-refractivity contribution in [3.05, 3.63) is 58.7 Å². The Kier molecular flexibility index (Phi) is 4.34. The van der Waals surface area contributed by atoms with Gasteiger partial charge in [0.05, 0.1) is 12.7 Å². The Hall–Kier alpha value is -2.00. The first kappa shape index (κ1) is 14.9. The summed E-state index contributed by atoms with van der Waals surface area (Å²) >= 11 is 0. The molecule has 1 aliphatic rings. The summed E-state index contributed by atoms with van der Waals surface area (Å²) in [5, 5.41) is 19.6. The van der Waals surface area contributed by atoms with Crippen molar-refractivity contribution in [2.75, 3.05) is 6.61 Å². The smallest absolute Gasteiger partial charge is 0.123 e. The van der Waals surface area contributed by atoms with Crippen molar-refractivity contribution in [2.45, 2.75) is 38.7 Å². The van der Waals surface area contributed by atoms with Crippen LogP contribution in [0.25, 0.3) is 0 Å². The standard InChI is InChI=1S/C19H22O3/c1-13(20)15-7-5-14(6-8-15)3-2-4-16-12-19-17(9-10-22-19)11-18(16)21/h5-8,11-13,20-21H,2-4,9-10H2,1H3. The third kappa shape index (κ3) is 3.25. The number of fused-ring (bicyclic) bond motifs is 1. The van der Waals surface area contributed by atoms with Crippen LogP contribution in [-0.2, 0) is 19.3 Å². The predicted molar refractivity (Wildman–Crippen MR) is 86.4 cm³/mol. The average molecular weight is 298 g/mol. The van der Waals surface area contributed by atoms with Crippen LogP contribution in [0.5, 0.6) is 11.5 Å².